The highest BCUT2D eigenvalue weighted by molar-refractivity contribution is 9.10. The monoisotopic (exact) mass is 371 g/mol. The SMILES string of the molecule is Nc1ccc(Br)c(-c2nnnn2CC2CCS(=O)(=O)C2)c1. The van der Waals surface area contributed by atoms with E-state index in [2.05, 4.69) is 31.5 Å². The summed E-state index contributed by atoms with van der Waals surface area (Å²) in [6.07, 6.45) is 0.653. The first-order valence-electron chi connectivity index (χ1n) is 6.46. The molecule has 9 heteroatoms. The maximum atomic E-state index is 11.5. The van der Waals surface area contributed by atoms with E-state index in [0.29, 0.717) is 24.5 Å². The Labute approximate surface area is 130 Å². The van der Waals surface area contributed by atoms with Crippen molar-refractivity contribution in [1.82, 2.24) is 20.2 Å². The molecule has 0 radical (unpaired) electrons. The van der Waals surface area contributed by atoms with Crippen molar-refractivity contribution in [2.24, 2.45) is 5.92 Å². The van der Waals surface area contributed by atoms with Crippen LogP contribution in [0.2, 0.25) is 0 Å². The summed E-state index contributed by atoms with van der Waals surface area (Å²) >= 11 is 3.46. The largest absolute Gasteiger partial charge is 0.399 e. The molecule has 1 atom stereocenters. The van der Waals surface area contributed by atoms with E-state index in [0.717, 1.165) is 10.0 Å². The van der Waals surface area contributed by atoms with Crippen LogP contribution < -0.4 is 5.73 Å². The van der Waals surface area contributed by atoms with Crippen LogP contribution in [0.3, 0.4) is 0 Å². The highest BCUT2D eigenvalue weighted by Gasteiger charge is 2.29. The van der Waals surface area contributed by atoms with Gasteiger partial charge in [0, 0.05) is 22.3 Å². The second-order valence-electron chi connectivity index (χ2n) is 5.19. The van der Waals surface area contributed by atoms with Crippen molar-refractivity contribution in [1.29, 1.82) is 0 Å². The third-order valence-corrected chi connectivity index (χ3v) is 6.05. The molecule has 1 aromatic carbocycles. The van der Waals surface area contributed by atoms with Gasteiger partial charge in [-0.15, -0.1) is 5.10 Å². The standard InChI is InChI=1S/C12H14BrN5O2S/c13-11-2-1-9(14)5-10(11)12-15-16-17-18(12)6-8-3-4-21(19,20)7-8/h1-2,5,8H,3-4,6-7,14H2. The number of nitrogen functional groups attached to an aromatic ring is 1. The Morgan fingerprint density at radius 3 is 2.95 bits per heavy atom. The van der Waals surface area contributed by atoms with Crippen molar-refractivity contribution in [3.8, 4) is 11.4 Å². The first-order chi connectivity index (χ1) is 9.94. The number of benzene rings is 1. The third-order valence-electron chi connectivity index (χ3n) is 3.52. The van der Waals surface area contributed by atoms with E-state index in [9.17, 15) is 8.42 Å². The number of nitrogens with two attached hydrogens (primary N) is 1. The van der Waals surface area contributed by atoms with Gasteiger partial charge in [-0.1, -0.05) is 15.9 Å². The van der Waals surface area contributed by atoms with Crippen LogP contribution in [-0.4, -0.2) is 40.1 Å². The summed E-state index contributed by atoms with van der Waals surface area (Å²) in [4.78, 5) is 0. The van der Waals surface area contributed by atoms with E-state index in [1.165, 1.54) is 0 Å². The predicted octanol–water partition coefficient (Wildman–Crippen LogP) is 1.12. The lowest BCUT2D eigenvalue weighted by Crippen LogP contribution is -2.14. The van der Waals surface area contributed by atoms with Gasteiger partial charge in [-0.05, 0) is 41.0 Å². The van der Waals surface area contributed by atoms with Crippen LogP contribution in [0.5, 0.6) is 0 Å². The summed E-state index contributed by atoms with van der Waals surface area (Å²) in [7, 11) is -2.90. The molecule has 2 heterocycles. The van der Waals surface area contributed by atoms with Gasteiger partial charge >= 0.3 is 0 Å². The van der Waals surface area contributed by atoms with E-state index >= 15 is 0 Å². The van der Waals surface area contributed by atoms with Crippen molar-refractivity contribution in [3.63, 3.8) is 0 Å². The van der Waals surface area contributed by atoms with E-state index in [1.807, 2.05) is 6.07 Å². The first-order valence-corrected chi connectivity index (χ1v) is 9.08. The number of hydrogen-bond acceptors (Lipinski definition) is 6. The van der Waals surface area contributed by atoms with Gasteiger partial charge in [0.2, 0.25) is 0 Å². The fraction of sp³-hybridized carbons (Fsp3) is 0.417. The third kappa shape index (κ3) is 3.08. The molecule has 1 aliphatic heterocycles. The zero-order valence-corrected chi connectivity index (χ0v) is 13.5. The van der Waals surface area contributed by atoms with Crippen LogP contribution in [0.1, 0.15) is 6.42 Å². The molecule has 2 N–H and O–H groups in total. The van der Waals surface area contributed by atoms with Gasteiger partial charge in [0.25, 0.3) is 0 Å². The van der Waals surface area contributed by atoms with Crippen molar-refractivity contribution >= 4 is 31.5 Å². The van der Waals surface area contributed by atoms with Gasteiger partial charge in [-0.2, -0.15) is 0 Å². The maximum absolute atomic E-state index is 11.5. The van der Waals surface area contributed by atoms with Crippen LogP contribution in [0, 0.1) is 5.92 Å². The van der Waals surface area contributed by atoms with E-state index in [1.54, 1.807) is 16.8 Å². The molecule has 112 valence electrons. The summed E-state index contributed by atoms with van der Waals surface area (Å²) < 4.78 is 25.6. The smallest absolute Gasteiger partial charge is 0.183 e. The topological polar surface area (TPSA) is 104 Å². The van der Waals surface area contributed by atoms with Crippen LogP contribution in [0.25, 0.3) is 11.4 Å². The summed E-state index contributed by atoms with van der Waals surface area (Å²) in [5, 5.41) is 11.7. The van der Waals surface area contributed by atoms with Gasteiger partial charge < -0.3 is 5.73 Å². The average molecular weight is 372 g/mol. The Kier molecular flexibility index (Phi) is 3.70. The molecule has 1 fully saturated rings. The molecule has 1 unspecified atom stereocenters. The van der Waals surface area contributed by atoms with E-state index in [4.69, 9.17) is 5.73 Å². The molecule has 0 aliphatic carbocycles. The molecular formula is C12H14BrN5O2S. The highest BCUT2D eigenvalue weighted by Crippen LogP contribution is 2.29. The van der Waals surface area contributed by atoms with Crippen LogP contribution in [0.15, 0.2) is 22.7 Å². The number of halogens is 1. The minimum absolute atomic E-state index is 0.0529. The van der Waals surface area contributed by atoms with E-state index in [-0.39, 0.29) is 17.4 Å². The Bertz CT molecular complexity index is 774. The lowest BCUT2D eigenvalue weighted by molar-refractivity contribution is 0.452. The van der Waals surface area contributed by atoms with Gasteiger partial charge in [0.1, 0.15) is 0 Å². The van der Waals surface area contributed by atoms with Gasteiger partial charge in [-0.3, -0.25) is 0 Å². The Hall–Kier alpha value is -1.48. The second-order valence-corrected chi connectivity index (χ2v) is 8.28. The Morgan fingerprint density at radius 2 is 2.24 bits per heavy atom. The van der Waals surface area contributed by atoms with E-state index < -0.39 is 9.84 Å². The van der Waals surface area contributed by atoms with Gasteiger partial charge in [0.15, 0.2) is 15.7 Å². The average Bonchev–Trinajstić information content (AvgIpc) is 2.99. The maximum Gasteiger partial charge on any atom is 0.183 e. The van der Waals surface area contributed by atoms with Crippen LogP contribution in [-0.2, 0) is 16.4 Å². The number of sulfone groups is 1. The number of aromatic nitrogens is 4. The molecular weight excluding hydrogens is 358 g/mol. The van der Waals surface area contributed by atoms with Crippen molar-refractivity contribution in [2.75, 3.05) is 17.2 Å². The highest BCUT2D eigenvalue weighted by atomic mass is 79.9. The summed E-state index contributed by atoms with van der Waals surface area (Å²) in [6, 6.07) is 5.41. The molecule has 1 aliphatic rings. The number of anilines is 1. The molecule has 0 bridgehead atoms. The zero-order chi connectivity index (χ0) is 15.0. The Morgan fingerprint density at radius 1 is 1.43 bits per heavy atom. The van der Waals surface area contributed by atoms with Crippen LogP contribution >= 0.6 is 15.9 Å². The molecule has 0 amide bonds. The molecule has 1 saturated heterocycles. The van der Waals surface area contributed by atoms with Gasteiger partial charge in [0.05, 0.1) is 11.5 Å². The van der Waals surface area contributed by atoms with Crippen LogP contribution in [0.4, 0.5) is 5.69 Å². The van der Waals surface area contributed by atoms with Crippen molar-refractivity contribution in [3.05, 3.63) is 22.7 Å². The first kappa shape index (κ1) is 14.5. The summed E-state index contributed by atoms with van der Waals surface area (Å²) in [6.45, 7) is 0.489. The lowest BCUT2D eigenvalue weighted by atomic mass is 10.1. The predicted molar refractivity (Wildman–Crippen MR) is 82.1 cm³/mol. The molecule has 21 heavy (non-hydrogen) atoms. The number of tetrazole rings is 1. The fourth-order valence-corrected chi connectivity index (χ4v) is 4.77. The molecule has 0 spiro atoms. The lowest BCUT2D eigenvalue weighted by Gasteiger charge is -2.10. The molecule has 3 rings (SSSR count). The number of hydrogen-bond donors (Lipinski definition) is 1. The minimum Gasteiger partial charge on any atom is -0.399 e. The summed E-state index contributed by atoms with van der Waals surface area (Å²) in [5.41, 5.74) is 7.21. The fourth-order valence-electron chi connectivity index (χ4n) is 2.50. The van der Waals surface area contributed by atoms with Gasteiger partial charge in [-0.25, -0.2) is 13.1 Å². The molecule has 7 nitrogen and oxygen atoms in total. The van der Waals surface area contributed by atoms with Crippen molar-refractivity contribution in [2.45, 2.75) is 13.0 Å². The minimum atomic E-state index is -2.90. The summed E-state index contributed by atoms with van der Waals surface area (Å²) in [5.74, 6) is 1.08. The molecule has 0 saturated carbocycles. The molecule has 2 aromatic rings. The number of nitrogens with zero attached hydrogens (tertiary/aromatic N) is 4. The quantitative estimate of drug-likeness (QED) is 0.810. The number of rotatable bonds is 3. The second kappa shape index (κ2) is 5.38. The Balaban J connectivity index is 1.89. The van der Waals surface area contributed by atoms with Crippen molar-refractivity contribution < 1.29 is 8.42 Å². The normalized spacial score (nSPS) is 20.7. The zero-order valence-electron chi connectivity index (χ0n) is 11.1. The molecule has 1 aromatic heterocycles.